The molecule has 6 nitrogen and oxygen atoms in total. The van der Waals surface area contributed by atoms with Gasteiger partial charge in [0.2, 0.25) is 5.91 Å². The number of amides is 1. The Balaban J connectivity index is 1.80. The lowest BCUT2D eigenvalue weighted by molar-refractivity contribution is -0.119. The molecule has 1 atom stereocenters. The van der Waals surface area contributed by atoms with Crippen molar-refractivity contribution in [3.63, 3.8) is 0 Å². The molecule has 3 rings (SSSR count). The number of carbonyl (C=O) groups excluding carboxylic acids is 1. The average molecular weight is 390 g/mol. The predicted molar refractivity (Wildman–Crippen MR) is 104 cm³/mol. The van der Waals surface area contributed by atoms with Crippen LogP contribution in [0.1, 0.15) is 24.0 Å². The SMILES string of the molecule is COc1cc(Cl)c(CN(Cc2ccncc2)C[C@@H]2CCC(=O)N2)cc1OC. The highest BCUT2D eigenvalue weighted by Crippen LogP contribution is 2.34. The lowest BCUT2D eigenvalue weighted by Crippen LogP contribution is -2.38. The zero-order valence-electron chi connectivity index (χ0n) is 15.6. The highest BCUT2D eigenvalue weighted by atomic mass is 35.5. The van der Waals surface area contributed by atoms with E-state index in [2.05, 4.69) is 15.2 Å². The van der Waals surface area contributed by atoms with Gasteiger partial charge in [-0.1, -0.05) is 11.6 Å². The third-order valence-electron chi connectivity index (χ3n) is 4.67. The van der Waals surface area contributed by atoms with Gasteiger partial charge in [0, 0.05) is 55.6 Å². The second kappa shape index (κ2) is 9.06. The Labute approximate surface area is 164 Å². The summed E-state index contributed by atoms with van der Waals surface area (Å²) in [7, 11) is 3.20. The van der Waals surface area contributed by atoms with Crippen LogP contribution in [0.3, 0.4) is 0 Å². The van der Waals surface area contributed by atoms with Crippen LogP contribution in [0.15, 0.2) is 36.7 Å². The van der Waals surface area contributed by atoms with Crippen molar-refractivity contribution in [3.8, 4) is 11.5 Å². The van der Waals surface area contributed by atoms with Crippen molar-refractivity contribution >= 4 is 17.5 Å². The minimum atomic E-state index is 0.119. The average Bonchev–Trinajstić information content (AvgIpc) is 3.08. The molecule has 1 saturated heterocycles. The van der Waals surface area contributed by atoms with Gasteiger partial charge in [0.15, 0.2) is 11.5 Å². The Kier molecular flexibility index (Phi) is 6.53. The molecule has 2 aromatic rings. The molecule has 144 valence electrons. The van der Waals surface area contributed by atoms with E-state index in [1.54, 1.807) is 32.7 Å². The van der Waals surface area contributed by atoms with Crippen LogP contribution in [0, 0.1) is 0 Å². The third kappa shape index (κ3) is 5.11. The summed E-state index contributed by atoms with van der Waals surface area (Å²) in [6, 6.07) is 7.83. The van der Waals surface area contributed by atoms with Crippen molar-refractivity contribution in [1.29, 1.82) is 0 Å². The van der Waals surface area contributed by atoms with E-state index in [4.69, 9.17) is 21.1 Å². The fraction of sp³-hybridized carbons (Fsp3) is 0.400. The topological polar surface area (TPSA) is 63.7 Å². The Bertz CT molecular complexity index is 786. The quantitative estimate of drug-likeness (QED) is 0.751. The molecule has 7 heteroatoms. The van der Waals surface area contributed by atoms with Crippen molar-refractivity contribution in [3.05, 3.63) is 52.8 Å². The highest BCUT2D eigenvalue weighted by molar-refractivity contribution is 6.31. The molecule has 0 unspecified atom stereocenters. The molecule has 1 aliphatic rings. The normalized spacial score (nSPS) is 16.4. The first-order chi connectivity index (χ1) is 13.1. The summed E-state index contributed by atoms with van der Waals surface area (Å²) in [6.45, 7) is 2.12. The molecule has 1 aliphatic heterocycles. The van der Waals surface area contributed by atoms with Crippen LogP contribution < -0.4 is 14.8 Å². The van der Waals surface area contributed by atoms with Crippen LogP contribution in [0.4, 0.5) is 0 Å². The lowest BCUT2D eigenvalue weighted by Gasteiger charge is -2.26. The summed E-state index contributed by atoms with van der Waals surface area (Å²) in [6.07, 6.45) is 5.01. The summed E-state index contributed by atoms with van der Waals surface area (Å²) >= 11 is 6.48. The molecule has 2 heterocycles. The number of nitrogens with one attached hydrogen (secondary N) is 1. The molecule has 1 aromatic heterocycles. The number of aromatic nitrogens is 1. The molecule has 1 aromatic carbocycles. The van der Waals surface area contributed by atoms with Gasteiger partial charge in [-0.15, -0.1) is 0 Å². The van der Waals surface area contributed by atoms with Crippen molar-refractivity contribution in [2.75, 3.05) is 20.8 Å². The van der Waals surface area contributed by atoms with Gasteiger partial charge in [-0.25, -0.2) is 0 Å². The minimum Gasteiger partial charge on any atom is -0.493 e. The standard InChI is InChI=1S/C20H24ClN3O3/c1-26-18-9-15(17(21)10-19(18)27-2)12-24(11-14-5-7-22-8-6-14)13-16-3-4-20(25)23-16/h5-10,16H,3-4,11-13H2,1-2H3,(H,23,25)/t16-/m0/s1. The van der Waals surface area contributed by atoms with Crippen LogP contribution in [-0.4, -0.2) is 42.6 Å². The molecule has 1 amide bonds. The monoisotopic (exact) mass is 389 g/mol. The first-order valence-corrected chi connectivity index (χ1v) is 9.28. The number of rotatable bonds is 8. The van der Waals surface area contributed by atoms with E-state index >= 15 is 0 Å². The molecule has 1 fully saturated rings. The third-order valence-corrected chi connectivity index (χ3v) is 5.02. The van der Waals surface area contributed by atoms with Gasteiger partial charge >= 0.3 is 0 Å². The predicted octanol–water partition coefficient (Wildman–Crippen LogP) is 3.03. The fourth-order valence-electron chi connectivity index (χ4n) is 3.32. The van der Waals surface area contributed by atoms with Gasteiger partial charge in [-0.3, -0.25) is 14.7 Å². The summed E-state index contributed by atoms with van der Waals surface area (Å²) < 4.78 is 10.7. The van der Waals surface area contributed by atoms with E-state index in [1.165, 1.54) is 0 Å². The second-order valence-corrected chi connectivity index (χ2v) is 7.03. The van der Waals surface area contributed by atoms with Crippen LogP contribution in [-0.2, 0) is 17.9 Å². The first kappa shape index (κ1) is 19.5. The number of pyridine rings is 1. The maximum atomic E-state index is 11.6. The molecule has 0 saturated carbocycles. The zero-order chi connectivity index (χ0) is 19.2. The summed E-state index contributed by atoms with van der Waals surface area (Å²) in [4.78, 5) is 17.9. The smallest absolute Gasteiger partial charge is 0.220 e. The van der Waals surface area contributed by atoms with Crippen molar-refractivity contribution in [2.45, 2.75) is 32.0 Å². The Morgan fingerprint density at radius 1 is 1.19 bits per heavy atom. The highest BCUT2D eigenvalue weighted by Gasteiger charge is 2.24. The van der Waals surface area contributed by atoms with E-state index in [9.17, 15) is 4.79 Å². The first-order valence-electron chi connectivity index (χ1n) is 8.90. The van der Waals surface area contributed by atoms with Gasteiger partial charge in [-0.05, 0) is 35.7 Å². The van der Waals surface area contributed by atoms with E-state index in [-0.39, 0.29) is 11.9 Å². The van der Waals surface area contributed by atoms with E-state index < -0.39 is 0 Å². The molecule has 0 aliphatic carbocycles. The van der Waals surface area contributed by atoms with Crippen molar-refractivity contribution in [1.82, 2.24) is 15.2 Å². The molecule has 27 heavy (non-hydrogen) atoms. The van der Waals surface area contributed by atoms with Crippen LogP contribution in [0.2, 0.25) is 5.02 Å². The molecule has 0 spiro atoms. The van der Waals surface area contributed by atoms with Crippen LogP contribution in [0.5, 0.6) is 11.5 Å². The Morgan fingerprint density at radius 3 is 2.52 bits per heavy atom. The van der Waals surface area contributed by atoms with Crippen LogP contribution >= 0.6 is 11.6 Å². The van der Waals surface area contributed by atoms with E-state index in [0.717, 1.165) is 30.6 Å². The van der Waals surface area contributed by atoms with E-state index in [0.29, 0.717) is 29.5 Å². The van der Waals surface area contributed by atoms with Crippen molar-refractivity contribution in [2.24, 2.45) is 0 Å². The number of nitrogens with zero attached hydrogens (tertiary/aromatic N) is 2. The molecule has 1 N–H and O–H groups in total. The number of carbonyl (C=O) groups is 1. The fourth-order valence-corrected chi connectivity index (χ4v) is 3.53. The molecule has 0 radical (unpaired) electrons. The van der Waals surface area contributed by atoms with Crippen LogP contribution in [0.25, 0.3) is 0 Å². The summed E-state index contributed by atoms with van der Waals surface area (Å²) in [5.41, 5.74) is 2.11. The number of methoxy groups -OCH3 is 2. The van der Waals surface area contributed by atoms with E-state index in [1.807, 2.05) is 18.2 Å². The summed E-state index contributed by atoms with van der Waals surface area (Å²) in [5.74, 6) is 1.37. The Morgan fingerprint density at radius 2 is 1.89 bits per heavy atom. The Hall–Kier alpha value is -2.31. The molecular formula is C20H24ClN3O3. The zero-order valence-corrected chi connectivity index (χ0v) is 16.3. The largest absolute Gasteiger partial charge is 0.493 e. The number of benzene rings is 1. The minimum absolute atomic E-state index is 0.119. The number of hydrogen-bond acceptors (Lipinski definition) is 5. The maximum Gasteiger partial charge on any atom is 0.220 e. The molecular weight excluding hydrogens is 366 g/mol. The van der Waals surface area contributed by atoms with Gasteiger partial charge < -0.3 is 14.8 Å². The van der Waals surface area contributed by atoms with Gasteiger partial charge in [0.25, 0.3) is 0 Å². The maximum absolute atomic E-state index is 11.6. The lowest BCUT2D eigenvalue weighted by atomic mass is 10.1. The van der Waals surface area contributed by atoms with Gasteiger partial charge in [0.05, 0.1) is 14.2 Å². The second-order valence-electron chi connectivity index (χ2n) is 6.63. The van der Waals surface area contributed by atoms with Gasteiger partial charge in [-0.2, -0.15) is 0 Å². The van der Waals surface area contributed by atoms with Gasteiger partial charge in [0.1, 0.15) is 0 Å². The number of ether oxygens (including phenoxy) is 2. The van der Waals surface area contributed by atoms with Crippen molar-refractivity contribution < 1.29 is 14.3 Å². The molecule has 0 bridgehead atoms. The number of halogens is 1. The summed E-state index contributed by atoms with van der Waals surface area (Å²) in [5, 5.41) is 3.67. The number of hydrogen-bond donors (Lipinski definition) is 1.